The SMILES string of the molecule is CC(C)Sc1nsc(NC(=O)/C(C#N)=C\c2ccc(OS(C)(=O)=O)cc2)n1. The van der Waals surface area contributed by atoms with Crippen molar-refractivity contribution in [1.29, 1.82) is 5.26 Å². The summed E-state index contributed by atoms with van der Waals surface area (Å²) >= 11 is 2.51. The second-order valence-electron chi connectivity index (χ2n) is 5.53. The molecule has 0 fully saturated rings. The van der Waals surface area contributed by atoms with Crippen LogP contribution in [-0.4, -0.2) is 35.2 Å². The molecule has 0 unspecified atom stereocenters. The number of hydrogen-bond donors (Lipinski definition) is 1. The van der Waals surface area contributed by atoms with Gasteiger partial charge in [-0.05, 0) is 23.8 Å². The highest BCUT2D eigenvalue weighted by Crippen LogP contribution is 2.24. The zero-order valence-electron chi connectivity index (χ0n) is 14.7. The van der Waals surface area contributed by atoms with Gasteiger partial charge in [0.2, 0.25) is 10.3 Å². The third-order valence-corrected chi connectivity index (χ3v) is 4.88. The molecule has 0 saturated carbocycles. The van der Waals surface area contributed by atoms with E-state index in [2.05, 4.69) is 14.7 Å². The van der Waals surface area contributed by atoms with Crippen LogP contribution in [0, 0.1) is 11.3 Å². The number of benzene rings is 1. The zero-order valence-corrected chi connectivity index (χ0v) is 17.1. The summed E-state index contributed by atoms with van der Waals surface area (Å²) in [5, 5.41) is 13.0. The molecule has 1 heterocycles. The van der Waals surface area contributed by atoms with Gasteiger partial charge in [0.05, 0.1) is 6.26 Å². The molecule has 0 atom stereocenters. The van der Waals surface area contributed by atoms with Crippen LogP contribution in [0.2, 0.25) is 0 Å². The minimum Gasteiger partial charge on any atom is -0.383 e. The smallest absolute Gasteiger partial charge is 0.306 e. The first kappa shape index (κ1) is 20.9. The molecular weight excluding hydrogens is 408 g/mol. The number of nitriles is 1. The number of nitrogens with one attached hydrogen (secondary N) is 1. The van der Waals surface area contributed by atoms with Gasteiger partial charge in [0.25, 0.3) is 5.91 Å². The highest BCUT2D eigenvalue weighted by molar-refractivity contribution is 7.99. The van der Waals surface area contributed by atoms with Crippen LogP contribution in [0.15, 0.2) is 35.0 Å². The van der Waals surface area contributed by atoms with Gasteiger partial charge in [-0.1, -0.05) is 37.7 Å². The van der Waals surface area contributed by atoms with E-state index >= 15 is 0 Å². The molecule has 142 valence electrons. The topological polar surface area (TPSA) is 122 Å². The third-order valence-electron chi connectivity index (χ3n) is 2.77. The fourth-order valence-electron chi connectivity index (χ4n) is 1.79. The van der Waals surface area contributed by atoms with Crippen molar-refractivity contribution in [2.75, 3.05) is 11.6 Å². The highest BCUT2D eigenvalue weighted by Gasteiger charge is 2.14. The number of hydrogen-bond acceptors (Lipinski definition) is 9. The van der Waals surface area contributed by atoms with Crippen molar-refractivity contribution in [2.24, 2.45) is 0 Å². The van der Waals surface area contributed by atoms with Crippen LogP contribution in [0.1, 0.15) is 19.4 Å². The van der Waals surface area contributed by atoms with E-state index in [1.807, 2.05) is 19.9 Å². The van der Waals surface area contributed by atoms with Gasteiger partial charge in [-0.2, -0.15) is 23.0 Å². The molecule has 1 aromatic carbocycles. The minimum absolute atomic E-state index is 0.125. The zero-order chi connectivity index (χ0) is 20.0. The molecule has 8 nitrogen and oxygen atoms in total. The van der Waals surface area contributed by atoms with Gasteiger partial charge in [-0.25, -0.2) is 0 Å². The Morgan fingerprint density at radius 3 is 2.59 bits per heavy atom. The highest BCUT2D eigenvalue weighted by atomic mass is 32.2. The lowest BCUT2D eigenvalue weighted by molar-refractivity contribution is -0.112. The molecule has 0 spiro atoms. The predicted molar refractivity (Wildman–Crippen MR) is 105 cm³/mol. The van der Waals surface area contributed by atoms with Crippen molar-refractivity contribution in [3.8, 4) is 11.8 Å². The number of nitrogens with zero attached hydrogens (tertiary/aromatic N) is 3. The Kier molecular flexibility index (Phi) is 6.95. The number of carbonyl (C=O) groups excluding carboxylic acids is 1. The fourth-order valence-corrected chi connectivity index (χ4v) is 3.63. The largest absolute Gasteiger partial charge is 0.383 e. The summed E-state index contributed by atoms with van der Waals surface area (Å²) in [6.07, 6.45) is 2.32. The van der Waals surface area contributed by atoms with Gasteiger partial charge in [0, 0.05) is 16.8 Å². The van der Waals surface area contributed by atoms with Gasteiger partial charge in [0.15, 0.2) is 0 Å². The number of aromatic nitrogens is 2. The van der Waals surface area contributed by atoms with Crippen molar-refractivity contribution in [2.45, 2.75) is 24.3 Å². The number of carbonyl (C=O) groups is 1. The molecule has 0 aliphatic heterocycles. The molecule has 0 saturated heterocycles. The molecule has 0 radical (unpaired) electrons. The van der Waals surface area contributed by atoms with Crippen molar-refractivity contribution >= 4 is 50.5 Å². The lowest BCUT2D eigenvalue weighted by Gasteiger charge is -2.03. The summed E-state index contributed by atoms with van der Waals surface area (Å²) < 4.78 is 31.0. The second-order valence-corrected chi connectivity index (χ2v) is 9.40. The Labute approximate surface area is 165 Å². The third kappa shape index (κ3) is 7.01. The quantitative estimate of drug-likeness (QED) is 0.312. The summed E-state index contributed by atoms with van der Waals surface area (Å²) in [5.74, 6) is -0.465. The predicted octanol–water partition coefficient (Wildman–Crippen LogP) is 2.92. The average Bonchev–Trinajstić information content (AvgIpc) is 2.98. The summed E-state index contributed by atoms with van der Waals surface area (Å²) in [6, 6.07) is 7.77. The van der Waals surface area contributed by atoms with Crippen LogP contribution in [0.3, 0.4) is 0 Å². The lowest BCUT2D eigenvalue weighted by Crippen LogP contribution is -2.13. The van der Waals surface area contributed by atoms with Gasteiger partial charge >= 0.3 is 10.1 Å². The van der Waals surface area contributed by atoms with E-state index < -0.39 is 16.0 Å². The molecular formula is C16H16N4O4S3. The molecule has 0 bridgehead atoms. The molecule has 1 amide bonds. The van der Waals surface area contributed by atoms with Gasteiger partial charge < -0.3 is 4.18 Å². The molecule has 0 aliphatic rings. The number of anilines is 1. The van der Waals surface area contributed by atoms with Crippen LogP contribution >= 0.6 is 23.3 Å². The standard InChI is InChI=1S/C16H16N4O4S3/c1-10(2)25-16-19-15(26-20-16)18-14(21)12(9-17)8-11-4-6-13(7-5-11)24-27(3,22)23/h4-8,10H,1-3H3,(H,18,19,20,21)/b12-8-. The first-order valence-electron chi connectivity index (χ1n) is 7.59. The van der Waals surface area contributed by atoms with E-state index in [1.165, 1.54) is 42.1 Å². The maximum atomic E-state index is 12.3. The molecule has 1 N–H and O–H groups in total. The first-order chi connectivity index (χ1) is 12.7. The second kappa shape index (κ2) is 8.98. The molecule has 27 heavy (non-hydrogen) atoms. The van der Waals surface area contributed by atoms with Gasteiger partial charge in [-0.3, -0.25) is 10.1 Å². The van der Waals surface area contributed by atoms with E-state index in [-0.39, 0.29) is 11.3 Å². The van der Waals surface area contributed by atoms with E-state index in [4.69, 9.17) is 4.18 Å². The van der Waals surface area contributed by atoms with Crippen molar-refractivity contribution in [3.05, 3.63) is 35.4 Å². The normalized spacial score (nSPS) is 11.9. The summed E-state index contributed by atoms with van der Waals surface area (Å²) in [4.78, 5) is 16.4. The Balaban J connectivity index is 2.09. The first-order valence-corrected chi connectivity index (χ1v) is 11.1. The number of rotatable bonds is 7. The Bertz CT molecular complexity index is 989. The maximum Gasteiger partial charge on any atom is 0.306 e. The van der Waals surface area contributed by atoms with E-state index in [9.17, 15) is 18.5 Å². The monoisotopic (exact) mass is 424 g/mol. The van der Waals surface area contributed by atoms with Crippen molar-refractivity contribution < 1.29 is 17.4 Å². The van der Waals surface area contributed by atoms with Gasteiger partial charge in [-0.15, -0.1) is 0 Å². The fraction of sp³-hybridized carbons (Fsp3) is 0.250. The molecule has 1 aromatic heterocycles. The van der Waals surface area contributed by atoms with Crippen LogP contribution in [0.5, 0.6) is 5.75 Å². The molecule has 2 rings (SSSR count). The summed E-state index contributed by atoms with van der Waals surface area (Å²) in [7, 11) is -3.62. The Morgan fingerprint density at radius 1 is 1.37 bits per heavy atom. The van der Waals surface area contributed by atoms with E-state index in [0.29, 0.717) is 21.1 Å². The number of amides is 1. The van der Waals surface area contributed by atoms with E-state index in [1.54, 1.807) is 0 Å². The van der Waals surface area contributed by atoms with Gasteiger partial charge in [0.1, 0.15) is 17.4 Å². The minimum atomic E-state index is -3.62. The summed E-state index contributed by atoms with van der Waals surface area (Å²) in [5.41, 5.74) is 0.413. The maximum absolute atomic E-state index is 12.3. The Hall–Kier alpha value is -2.42. The van der Waals surface area contributed by atoms with Crippen molar-refractivity contribution in [3.63, 3.8) is 0 Å². The van der Waals surface area contributed by atoms with Crippen molar-refractivity contribution in [1.82, 2.24) is 9.36 Å². The van der Waals surface area contributed by atoms with E-state index in [0.717, 1.165) is 17.8 Å². The van der Waals surface area contributed by atoms with Crippen LogP contribution in [0.25, 0.3) is 6.08 Å². The summed E-state index contributed by atoms with van der Waals surface area (Å²) in [6.45, 7) is 4.01. The number of thioether (sulfide) groups is 1. The molecule has 0 aliphatic carbocycles. The van der Waals surface area contributed by atoms with Crippen LogP contribution in [-0.2, 0) is 14.9 Å². The lowest BCUT2D eigenvalue weighted by atomic mass is 10.1. The molecule has 2 aromatic rings. The molecule has 11 heteroatoms. The van der Waals surface area contributed by atoms with Crippen LogP contribution in [0.4, 0.5) is 5.13 Å². The Morgan fingerprint density at radius 2 is 2.04 bits per heavy atom. The van der Waals surface area contributed by atoms with Crippen LogP contribution < -0.4 is 9.50 Å². The average molecular weight is 425 g/mol.